The Labute approximate surface area is 187 Å². The molecule has 1 saturated carbocycles. The first-order valence-electron chi connectivity index (χ1n) is 10.7. The van der Waals surface area contributed by atoms with Gasteiger partial charge in [0.15, 0.2) is 11.5 Å². The number of amides is 1. The maximum atomic E-state index is 13.7. The highest BCUT2D eigenvalue weighted by molar-refractivity contribution is 6.02. The van der Waals surface area contributed by atoms with Crippen LogP contribution in [0.15, 0.2) is 42.0 Å². The molecule has 0 radical (unpaired) electrons. The van der Waals surface area contributed by atoms with Gasteiger partial charge in [0, 0.05) is 13.1 Å². The summed E-state index contributed by atoms with van der Waals surface area (Å²) in [6, 6.07) is -0.221. The summed E-state index contributed by atoms with van der Waals surface area (Å²) in [5.74, 6) is 0.613. The van der Waals surface area contributed by atoms with Crippen molar-refractivity contribution in [2.75, 3.05) is 13.1 Å². The summed E-state index contributed by atoms with van der Waals surface area (Å²) in [4.78, 5) is 24.0. The molecule has 3 unspecified atom stereocenters. The number of carbonyl (C=O) groups is 1. The first-order chi connectivity index (χ1) is 15.8. The number of halogens is 3. The van der Waals surface area contributed by atoms with Gasteiger partial charge in [-0.1, -0.05) is 5.57 Å². The normalized spacial score (nSPS) is 25.0. The Morgan fingerprint density at radius 1 is 1.18 bits per heavy atom. The van der Waals surface area contributed by atoms with Crippen LogP contribution < -0.4 is 10.1 Å². The number of alkyl halides is 3. The molecule has 3 aliphatic heterocycles. The van der Waals surface area contributed by atoms with Gasteiger partial charge in [-0.05, 0) is 38.2 Å². The molecular weight excluding hydrogens is 439 g/mol. The predicted octanol–water partition coefficient (Wildman–Crippen LogP) is 2.26. The van der Waals surface area contributed by atoms with Gasteiger partial charge in [0.25, 0.3) is 5.91 Å². The summed E-state index contributed by atoms with van der Waals surface area (Å²) >= 11 is 0. The average Bonchev–Trinajstić information content (AvgIpc) is 3.33. The number of fused-ring (bicyclic) bond motifs is 3. The molecule has 2 bridgehead atoms. The van der Waals surface area contributed by atoms with Crippen LogP contribution in [0.5, 0.6) is 5.88 Å². The number of piperidine rings is 2. The summed E-state index contributed by atoms with van der Waals surface area (Å²) in [6.45, 7) is 3.11. The summed E-state index contributed by atoms with van der Waals surface area (Å²) in [6.07, 6.45) is 4.05. The van der Waals surface area contributed by atoms with Gasteiger partial charge < -0.3 is 15.0 Å². The van der Waals surface area contributed by atoms with E-state index in [4.69, 9.17) is 4.74 Å². The highest BCUT2D eigenvalue weighted by Gasteiger charge is 2.45. The van der Waals surface area contributed by atoms with Crippen molar-refractivity contribution in [3.63, 3.8) is 0 Å². The molecule has 2 aromatic heterocycles. The van der Waals surface area contributed by atoms with E-state index in [1.54, 1.807) is 17.3 Å². The Kier molecular flexibility index (Phi) is 5.29. The van der Waals surface area contributed by atoms with Crippen LogP contribution in [0.3, 0.4) is 0 Å². The van der Waals surface area contributed by atoms with E-state index in [0.29, 0.717) is 37.1 Å². The highest BCUT2D eigenvalue weighted by Crippen LogP contribution is 2.38. The number of hydrogen-bond donors (Lipinski definition) is 1. The number of aromatic nitrogens is 5. The van der Waals surface area contributed by atoms with E-state index in [1.807, 2.05) is 13.0 Å². The zero-order valence-corrected chi connectivity index (χ0v) is 17.8. The minimum Gasteiger partial charge on any atom is -0.471 e. The molecule has 174 valence electrons. The van der Waals surface area contributed by atoms with Crippen molar-refractivity contribution in [3.05, 3.63) is 47.7 Å². The molecule has 1 N–H and O–H groups in total. The Balaban J connectivity index is 1.39. The van der Waals surface area contributed by atoms with Gasteiger partial charge in [0.1, 0.15) is 6.10 Å². The molecule has 9 nitrogen and oxygen atoms in total. The minimum absolute atomic E-state index is 0.0173. The van der Waals surface area contributed by atoms with Gasteiger partial charge in [-0.3, -0.25) is 4.79 Å². The van der Waals surface area contributed by atoms with Crippen molar-refractivity contribution >= 4 is 11.7 Å². The van der Waals surface area contributed by atoms with Gasteiger partial charge in [0.05, 0.1) is 36.4 Å². The fraction of sp³-hybridized carbons (Fsp3) is 0.476. The van der Waals surface area contributed by atoms with Crippen LogP contribution in [0, 0.1) is 5.92 Å². The third-order valence-electron chi connectivity index (χ3n) is 6.20. The van der Waals surface area contributed by atoms with Gasteiger partial charge in [-0.25, -0.2) is 9.97 Å². The van der Waals surface area contributed by atoms with Crippen LogP contribution in [0.4, 0.5) is 13.2 Å². The van der Waals surface area contributed by atoms with Crippen molar-refractivity contribution in [1.82, 2.24) is 35.2 Å². The van der Waals surface area contributed by atoms with Crippen molar-refractivity contribution in [3.8, 4) is 5.88 Å². The lowest BCUT2D eigenvalue weighted by Crippen LogP contribution is -2.59. The molecule has 1 aliphatic carbocycles. The Morgan fingerprint density at radius 3 is 2.64 bits per heavy atom. The van der Waals surface area contributed by atoms with Gasteiger partial charge in [-0.2, -0.15) is 23.4 Å². The monoisotopic (exact) mass is 461 g/mol. The largest absolute Gasteiger partial charge is 0.471 e. The number of rotatable bonds is 4. The zero-order valence-electron chi connectivity index (χ0n) is 17.8. The molecule has 33 heavy (non-hydrogen) atoms. The number of ether oxygens (including phenoxy) is 1. The molecule has 3 atom stereocenters. The van der Waals surface area contributed by atoms with Crippen LogP contribution >= 0.6 is 0 Å². The molecular formula is C21H22F3N7O2. The first-order valence-corrected chi connectivity index (χ1v) is 10.7. The van der Waals surface area contributed by atoms with E-state index in [2.05, 4.69) is 25.5 Å². The van der Waals surface area contributed by atoms with E-state index in [1.165, 1.54) is 4.80 Å². The molecule has 4 aliphatic rings. The minimum atomic E-state index is -4.56. The second kappa shape index (κ2) is 8.16. The van der Waals surface area contributed by atoms with Crippen molar-refractivity contribution in [1.29, 1.82) is 0 Å². The SMILES string of the molecule is CC1=CC(C(=O)N2CC3CCC2C(Oc2cnc(C(F)(F)F)cn2)C3)=C(n2nccn2)NC1. The van der Waals surface area contributed by atoms with Gasteiger partial charge in [-0.15, -0.1) is 4.80 Å². The average molecular weight is 461 g/mol. The summed E-state index contributed by atoms with van der Waals surface area (Å²) in [5, 5.41) is 11.5. The van der Waals surface area contributed by atoms with Crippen LogP contribution in [0.1, 0.15) is 31.9 Å². The van der Waals surface area contributed by atoms with Crippen molar-refractivity contribution in [2.45, 2.75) is 44.5 Å². The van der Waals surface area contributed by atoms with Crippen LogP contribution in [0.25, 0.3) is 5.82 Å². The third kappa shape index (κ3) is 4.16. The fourth-order valence-electron chi connectivity index (χ4n) is 4.68. The number of hydrogen-bond acceptors (Lipinski definition) is 7. The summed E-state index contributed by atoms with van der Waals surface area (Å²) in [5.41, 5.74) is 0.398. The summed E-state index contributed by atoms with van der Waals surface area (Å²) < 4.78 is 44.2. The fourth-order valence-corrected chi connectivity index (χ4v) is 4.68. The Hall–Kier alpha value is -3.44. The Bertz CT molecular complexity index is 1100. The summed E-state index contributed by atoms with van der Waals surface area (Å²) in [7, 11) is 0. The molecule has 2 aromatic rings. The van der Waals surface area contributed by atoms with Gasteiger partial charge >= 0.3 is 6.18 Å². The van der Waals surface area contributed by atoms with E-state index >= 15 is 0 Å². The van der Waals surface area contributed by atoms with Crippen LogP contribution in [-0.4, -0.2) is 61.0 Å². The molecule has 1 amide bonds. The number of nitrogens with one attached hydrogen (secondary N) is 1. The maximum absolute atomic E-state index is 13.7. The topological polar surface area (TPSA) is 98.1 Å². The number of nitrogens with zero attached hydrogens (tertiary/aromatic N) is 6. The standard InChI is InChI=1S/C21H22F3N7O2/c1-12-6-14(19(27-8-12)31-28-4-5-29-31)20(32)30-11-13-2-3-15(30)16(7-13)33-18-10-25-17(9-26-18)21(22,23)24/h4-6,9-10,13,15-16,27H,2-3,7-8,11H2,1H3. The first kappa shape index (κ1) is 21.4. The third-order valence-corrected chi connectivity index (χ3v) is 6.20. The molecule has 0 aromatic carbocycles. The zero-order chi connectivity index (χ0) is 23.2. The van der Waals surface area contributed by atoms with Crippen LogP contribution in [0.2, 0.25) is 0 Å². The van der Waals surface area contributed by atoms with E-state index in [9.17, 15) is 18.0 Å². The number of carbonyl (C=O) groups excluding carboxylic acids is 1. The lowest BCUT2D eigenvalue weighted by Gasteiger charge is -2.49. The molecule has 6 rings (SSSR count). The van der Waals surface area contributed by atoms with E-state index < -0.39 is 11.9 Å². The lowest BCUT2D eigenvalue weighted by molar-refractivity contribution is -0.142. The molecule has 5 heterocycles. The van der Waals surface area contributed by atoms with E-state index in [-0.39, 0.29) is 29.9 Å². The molecule has 12 heteroatoms. The van der Waals surface area contributed by atoms with Gasteiger partial charge in [0.2, 0.25) is 5.88 Å². The molecule has 3 fully saturated rings. The quantitative estimate of drug-likeness (QED) is 0.746. The van der Waals surface area contributed by atoms with Crippen LogP contribution in [-0.2, 0) is 11.0 Å². The van der Waals surface area contributed by atoms with E-state index in [0.717, 1.165) is 24.6 Å². The lowest BCUT2D eigenvalue weighted by atomic mass is 9.77. The maximum Gasteiger partial charge on any atom is 0.434 e. The van der Waals surface area contributed by atoms with Crippen molar-refractivity contribution in [2.24, 2.45) is 5.92 Å². The molecule has 0 spiro atoms. The number of dihydropyridines is 1. The highest BCUT2D eigenvalue weighted by atomic mass is 19.4. The Morgan fingerprint density at radius 2 is 1.97 bits per heavy atom. The molecule has 2 saturated heterocycles. The second-order valence-corrected chi connectivity index (χ2v) is 8.52. The second-order valence-electron chi connectivity index (χ2n) is 8.52. The van der Waals surface area contributed by atoms with Crippen molar-refractivity contribution < 1.29 is 22.7 Å². The smallest absolute Gasteiger partial charge is 0.434 e. The predicted molar refractivity (Wildman–Crippen MR) is 109 cm³/mol.